The number of nitriles is 2. The van der Waals surface area contributed by atoms with Crippen LogP contribution < -0.4 is 15.0 Å². The number of allylic oxidation sites excluding steroid dienone is 5. The molecule has 0 bridgehead atoms. The molecule has 9 nitrogen and oxygen atoms in total. The van der Waals surface area contributed by atoms with E-state index in [2.05, 4.69) is 18.0 Å². The van der Waals surface area contributed by atoms with Gasteiger partial charge >= 0.3 is 6.09 Å². The molecular weight excluding hydrogens is 549 g/mol. The molecular formula is C30H37ClFN5O4. The van der Waals surface area contributed by atoms with E-state index in [1.54, 1.807) is 46.2 Å². The molecule has 0 saturated heterocycles. The summed E-state index contributed by atoms with van der Waals surface area (Å²) in [5.41, 5.74) is -0.348. The lowest BCUT2D eigenvalue weighted by Gasteiger charge is -2.37. The van der Waals surface area contributed by atoms with Gasteiger partial charge in [0.1, 0.15) is 11.4 Å². The van der Waals surface area contributed by atoms with Crippen molar-refractivity contribution < 1.29 is 23.5 Å². The Hall–Kier alpha value is -4.02. The molecule has 1 aliphatic rings. The number of nitrogens with one attached hydrogen (secondary N) is 1. The minimum Gasteiger partial charge on any atom is -0.476 e. The third kappa shape index (κ3) is 8.99. The quantitative estimate of drug-likeness (QED) is 0.180. The first-order valence-corrected chi connectivity index (χ1v) is 13.5. The van der Waals surface area contributed by atoms with Gasteiger partial charge in [0, 0.05) is 19.7 Å². The first-order valence-electron chi connectivity index (χ1n) is 13.2. The molecule has 0 aromatic heterocycles. The van der Waals surface area contributed by atoms with Gasteiger partial charge in [0.25, 0.3) is 5.91 Å². The standard InChI is InChI=1S/C30H37ClFN5O4/c1-8-21(11-10-20(3)32)16-30(9-2,18-33)12-13-36(7)27(38)26-17-37(28(39)41-29(4,5)6)24-14-22(31)23(35-19-34)15-25(24)40-26/h8,10-11,14-15,26,35H,1,9,12-13,16-17H2,2-7H3. The fourth-order valence-electron chi connectivity index (χ4n) is 4.19. The summed E-state index contributed by atoms with van der Waals surface area (Å²) in [5.74, 6) is -0.596. The Kier molecular flexibility index (Phi) is 11.4. The number of amides is 2. The number of hydrogen-bond acceptors (Lipinski definition) is 7. The molecule has 11 heteroatoms. The Bertz CT molecular complexity index is 1300. The third-order valence-electron chi connectivity index (χ3n) is 6.58. The highest BCUT2D eigenvalue weighted by Crippen LogP contribution is 2.41. The Morgan fingerprint density at radius 1 is 1.34 bits per heavy atom. The Morgan fingerprint density at radius 2 is 2.02 bits per heavy atom. The van der Waals surface area contributed by atoms with Crippen LogP contribution in [-0.2, 0) is 9.53 Å². The average molecular weight is 586 g/mol. The van der Waals surface area contributed by atoms with Crippen molar-refractivity contribution in [2.24, 2.45) is 5.41 Å². The maximum Gasteiger partial charge on any atom is 0.415 e. The van der Waals surface area contributed by atoms with Crippen LogP contribution in [0.5, 0.6) is 5.75 Å². The number of anilines is 2. The predicted octanol–water partition coefficient (Wildman–Crippen LogP) is 6.88. The molecule has 220 valence electrons. The van der Waals surface area contributed by atoms with Crippen molar-refractivity contribution in [3.63, 3.8) is 0 Å². The Morgan fingerprint density at radius 3 is 2.56 bits per heavy atom. The lowest BCUT2D eigenvalue weighted by molar-refractivity contribution is -0.137. The molecule has 0 spiro atoms. The number of carbonyl (C=O) groups is 2. The molecule has 1 aromatic rings. The highest BCUT2D eigenvalue weighted by Gasteiger charge is 2.38. The van der Waals surface area contributed by atoms with E-state index in [0.29, 0.717) is 30.5 Å². The van der Waals surface area contributed by atoms with Crippen molar-refractivity contribution in [1.29, 1.82) is 10.5 Å². The summed E-state index contributed by atoms with van der Waals surface area (Å²) in [5, 5.41) is 21.8. The number of rotatable bonds is 10. The van der Waals surface area contributed by atoms with Crippen molar-refractivity contribution in [3.8, 4) is 18.0 Å². The van der Waals surface area contributed by atoms with Crippen LogP contribution in [0.25, 0.3) is 0 Å². The van der Waals surface area contributed by atoms with E-state index in [4.69, 9.17) is 26.3 Å². The molecule has 41 heavy (non-hydrogen) atoms. The largest absolute Gasteiger partial charge is 0.476 e. The van der Waals surface area contributed by atoms with Crippen molar-refractivity contribution >= 4 is 35.0 Å². The van der Waals surface area contributed by atoms with Gasteiger partial charge in [0.2, 0.25) is 0 Å². The van der Waals surface area contributed by atoms with Gasteiger partial charge in [-0.3, -0.25) is 15.0 Å². The van der Waals surface area contributed by atoms with Gasteiger partial charge in [0.05, 0.1) is 40.3 Å². The second kappa shape index (κ2) is 14.0. The van der Waals surface area contributed by atoms with Crippen LogP contribution in [0, 0.1) is 28.2 Å². The van der Waals surface area contributed by atoms with Crippen LogP contribution in [0.4, 0.5) is 20.6 Å². The number of ether oxygens (including phenoxy) is 2. The van der Waals surface area contributed by atoms with E-state index in [1.807, 2.05) is 6.92 Å². The van der Waals surface area contributed by atoms with Crippen LogP contribution in [0.1, 0.15) is 53.9 Å². The summed E-state index contributed by atoms with van der Waals surface area (Å²) in [7, 11) is 1.60. The van der Waals surface area contributed by atoms with E-state index in [1.165, 1.54) is 34.9 Å². The number of fused-ring (bicyclic) bond motifs is 1. The molecule has 2 rings (SSSR count). The summed E-state index contributed by atoms with van der Waals surface area (Å²) in [6, 6.07) is 5.30. The van der Waals surface area contributed by atoms with Gasteiger partial charge in [-0.15, -0.1) is 0 Å². The highest BCUT2D eigenvalue weighted by molar-refractivity contribution is 6.33. The van der Waals surface area contributed by atoms with Crippen molar-refractivity contribution in [2.75, 3.05) is 30.4 Å². The van der Waals surface area contributed by atoms with Crippen LogP contribution in [-0.4, -0.2) is 48.7 Å². The molecule has 0 aliphatic carbocycles. The third-order valence-corrected chi connectivity index (χ3v) is 6.90. The zero-order valence-electron chi connectivity index (χ0n) is 24.4. The maximum atomic E-state index is 13.6. The zero-order chi connectivity index (χ0) is 31.0. The minimum absolute atomic E-state index is 0.137. The molecule has 2 unspecified atom stereocenters. The molecule has 1 aliphatic heterocycles. The van der Waals surface area contributed by atoms with Gasteiger partial charge in [-0.05, 0) is 64.7 Å². The van der Waals surface area contributed by atoms with E-state index in [-0.39, 0.29) is 35.4 Å². The lowest BCUT2D eigenvalue weighted by atomic mass is 9.77. The number of carbonyl (C=O) groups excluding carboxylic acids is 2. The summed E-state index contributed by atoms with van der Waals surface area (Å²) < 4.78 is 24.8. The van der Waals surface area contributed by atoms with Crippen LogP contribution in [0.3, 0.4) is 0 Å². The van der Waals surface area contributed by atoms with E-state index < -0.39 is 29.1 Å². The minimum atomic E-state index is -1.09. The first kappa shape index (κ1) is 33.2. The van der Waals surface area contributed by atoms with Gasteiger partial charge in [-0.25, -0.2) is 9.18 Å². The maximum absolute atomic E-state index is 13.6. The molecule has 0 fully saturated rings. The number of hydrogen-bond donors (Lipinski definition) is 1. The summed E-state index contributed by atoms with van der Waals surface area (Å²) in [6.07, 6.45) is 5.72. The number of nitrogens with zero attached hydrogens (tertiary/aromatic N) is 4. The van der Waals surface area contributed by atoms with Crippen molar-refractivity contribution in [1.82, 2.24) is 4.90 Å². The Balaban J connectivity index is 2.31. The molecule has 1 heterocycles. The van der Waals surface area contributed by atoms with Gasteiger partial charge in [-0.1, -0.05) is 37.3 Å². The van der Waals surface area contributed by atoms with E-state index in [9.17, 15) is 19.2 Å². The summed E-state index contributed by atoms with van der Waals surface area (Å²) in [6.45, 7) is 12.3. The second-order valence-electron chi connectivity index (χ2n) is 10.9. The summed E-state index contributed by atoms with van der Waals surface area (Å²) in [4.78, 5) is 29.4. The van der Waals surface area contributed by atoms with Crippen LogP contribution >= 0.6 is 11.6 Å². The first-order chi connectivity index (χ1) is 19.2. The number of benzene rings is 1. The summed E-state index contributed by atoms with van der Waals surface area (Å²) >= 11 is 6.30. The van der Waals surface area contributed by atoms with Crippen molar-refractivity contribution in [2.45, 2.75) is 65.6 Å². The van der Waals surface area contributed by atoms with Crippen molar-refractivity contribution in [3.05, 3.63) is 53.4 Å². The predicted molar refractivity (Wildman–Crippen MR) is 157 cm³/mol. The molecule has 0 saturated carbocycles. The fraction of sp³-hybridized carbons (Fsp3) is 0.467. The van der Waals surface area contributed by atoms with Gasteiger partial charge in [0.15, 0.2) is 12.3 Å². The SMILES string of the molecule is C=CC(=CC=C(C)F)CC(C#N)(CC)CCN(C)C(=O)C1CN(C(=O)OC(C)(C)C)c2cc(Cl)c(NC#N)cc2O1. The Labute approximate surface area is 246 Å². The molecule has 0 radical (unpaired) electrons. The topological polar surface area (TPSA) is 119 Å². The lowest BCUT2D eigenvalue weighted by Crippen LogP contribution is -2.52. The molecule has 1 N–H and O–H groups in total. The normalized spacial score (nSPS) is 16.7. The number of halogens is 2. The fourth-order valence-corrected chi connectivity index (χ4v) is 4.40. The van der Waals surface area contributed by atoms with E-state index >= 15 is 0 Å². The van der Waals surface area contributed by atoms with Crippen LogP contribution in [0.15, 0.2) is 48.3 Å². The molecule has 2 amide bonds. The molecule has 1 aromatic carbocycles. The van der Waals surface area contributed by atoms with E-state index in [0.717, 1.165) is 0 Å². The average Bonchev–Trinajstić information content (AvgIpc) is 2.91. The smallest absolute Gasteiger partial charge is 0.415 e. The monoisotopic (exact) mass is 585 g/mol. The van der Waals surface area contributed by atoms with Gasteiger partial charge < -0.3 is 14.4 Å². The second-order valence-corrected chi connectivity index (χ2v) is 11.3. The highest BCUT2D eigenvalue weighted by atomic mass is 35.5. The zero-order valence-corrected chi connectivity index (χ0v) is 25.1. The van der Waals surface area contributed by atoms with Gasteiger partial charge in [-0.2, -0.15) is 10.5 Å². The molecule has 2 atom stereocenters. The number of likely N-dealkylation sites (N-methyl/N-ethyl adjacent to an activating group) is 1. The van der Waals surface area contributed by atoms with Crippen LogP contribution in [0.2, 0.25) is 5.02 Å².